The second-order valence-electron chi connectivity index (χ2n) is 6.33. The van der Waals surface area contributed by atoms with E-state index in [0.717, 1.165) is 29.7 Å². The molecule has 0 aliphatic heterocycles. The van der Waals surface area contributed by atoms with E-state index in [4.69, 9.17) is 11.5 Å². The Morgan fingerprint density at radius 3 is 2.35 bits per heavy atom. The van der Waals surface area contributed by atoms with Crippen molar-refractivity contribution in [2.24, 2.45) is 5.73 Å². The molecule has 130 valence electrons. The maximum atomic E-state index is 11.6. The smallest absolute Gasteiger partial charge is 0.399 e. The van der Waals surface area contributed by atoms with Gasteiger partial charge in [0.05, 0.1) is 12.4 Å². The minimum atomic E-state index is -0.539. The van der Waals surface area contributed by atoms with Gasteiger partial charge >= 0.3 is 5.95 Å². The molecule has 7 nitrogen and oxygen atoms in total. The zero-order valence-electron chi connectivity index (χ0n) is 14.1. The average molecular weight is 347 g/mol. The maximum Gasteiger partial charge on any atom is 0.439 e. The van der Waals surface area contributed by atoms with Gasteiger partial charge in [0.15, 0.2) is 0 Å². The highest BCUT2D eigenvalue weighted by Gasteiger charge is 2.27. The number of rotatable bonds is 5. The molecular weight excluding hydrogens is 328 g/mol. The standard InChI is InChI=1S/C19H18N6O/c20-14-3-1-12(2-4-14)13-7-9-25(10-8-13)19-22-11-16(17(21)26)18(24-19)23-15-5-6-15/h1-4,7-11,15,20H,5-6H2,(H3,21,22,23,24,26)/p+1. The van der Waals surface area contributed by atoms with E-state index < -0.39 is 5.91 Å². The molecule has 0 bridgehead atoms. The first-order valence-corrected chi connectivity index (χ1v) is 8.41. The zero-order valence-corrected chi connectivity index (χ0v) is 14.1. The van der Waals surface area contributed by atoms with Gasteiger partial charge < -0.3 is 16.8 Å². The molecule has 3 aromatic rings. The summed E-state index contributed by atoms with van der Waals surface area (Å²) in [5, 5.41) is 3.24. The fourth-order valence-corrected chi connectivity index (χ4v) is 2.64. The fraction of sp³-hybridized carbons (Fsp3) is 0.158. The number of hydrogen-bond donors (Lipinski definition) is 3. The van der Waals surface area contributed by atoms with E-state index in [2.05, 4.69) is 15.3 Å². The highest BCUT2D eigenvalue weighted by molar-refractivity contribution is 5.97. The lowest BCUT2D eigenvalue weighted by Crippen LogP contribution is -2.33. The number of nitrogens with one attached hydrogen (secondary N) is 1. The van der Waals surface area contributed by atoms with E-state index in [1.165, 1.54) is 6.20 Å². The largest absolute Gasteiger partial charge is 0.439 e. The first-order valence-electron chi connectivity index (χ1n) is 8.41. The Bertz CT molecular complexity index is 949. The van der Waals surface area contributed by atoms with E-state index in [0.29, 0.717) is 23.4 Å². The molecule has 7 heteroatoms. The summed E-state index contributed by atoms with van der Waals surface area (Å²) >= 11 is 0. The number of carbonyl (C=O) groups is 1. The molecule has 1 fully saturated rings. The molecular formula is C19H19N6O+. The van der Waals surface area contributed by atoms with Crippen molar-refractivity contribution >= 4 is 17.4 Å². The summed E-state index contributed by atoms with van der Waals surface area (Å²) in [7, 11) is 0. The van der Waals surface area contributed by atoms with Gasteiger partial charge in [0.2, 0.25) is 5.82 Å². The SMILES string of the molecule is NC(=O)c1cnc(-[n+]2ccc(-c3ccc(N)cc3)cc2)nc1NC1CC1. The quantitative estimate of drug-likeness (QED) is 0.480. The number of aromatic nitrogens is 3. The van der Waals surface area contributed by atoms with Crippen LogP contribution in [-0.2, 0) is 0 Å². The second-order valence-corrected chi connectivity index (χ2v) is 6.33. The number of carbonyl (C=O) groups excluding carboxylic acids is 1. The molecule has 0 saturated heterocycles. The highest BCUT2D eigenvalue weighted by atomic mass is 16.1. The molecule has 1 saturated carbocycles. The van der Waals surface area contributed by atoms with Crippen LogP contribution in [0.1, 0.15) is 23.2 Å². The van der Waals surface area contributed by atoms with Gasteiger partial charge in [-0.05, 0) is 53.2 Å². The van der Waals surface area contributed by atoms with Gasteiger partial charge in [0, 0.05) is 11.7 Å². The lowest BCUT2D eigenvalue weighted by Gasteiger charge is -2.05. The maximum absolute atomic E-state index is 11.6. The van der Waals surface area contributed by atoms with Gasteiger partial charge in [-0.15, -0.1) is 0 Å². The lowest BCUT2D eigenvalue weighted by molar-refractivity contribution is -0.603. The number of nitrogens with zero attached hydrogens (tertiary/aromatic N) is 3. The van der Waals surface area contributed by atoms with Crippen LogP contribution in [0.15, 0.2) is 55.0 Å². The van der Waals surface area contributed by atoms with Crippen LogP contribution in [0.2, 0.25) is 0 Å². The van der Waals surface area contributed by atoms with Crippen LogP contribution >= 0.6 is 0 Å². The highest BCUT2D eigenvalue weighted by Crippen LogP contribution is 2.25. The number of amides is 1. The van der Waals surface area contributed by atoms with Gasteiger partial charge in [0.1, 0.15) is 11.8 Å². The lowest BCUT2D eigenvalue weighted by atomic mass is 10.1. The summed E-state index contributed by atoms with van der Waals surface area (Å²) < 4.78 is 1.80. The number of primary amides is 1. The molecule has 0 unspecified atom stereocenters. The van der Waals surface area contributed by atoms with Crippen LogP contribution < -0.4 is 21.4 Å². The number of benzene rings is 1. The third-order valence-corrected chi connectivity index (χ3v) is 4.26. The molecule has 1 amide bonds. The van der Waals surface area contributed by atoms with Gasteiger partial charge in [-0.1, -0.05) is 17.1 Å². The van der Waals surface area contributed by atoms with Crippen LogP contribution in [0.5, 0.6) is 0 Å². The summed E-state index contributed by atoms with van der Waals surface area (Å²) in [6.45, 7) is 0. The molecule has 0 radical (unpaired) electrons. The monoisotopic (exact) mass is 347 g/mol. The van der Waals surface area contributed by atoms with E-state index >= 15 is 0 Å². The van der Waals surface area contributed by atoms with Crippen LogP contribution in [0, 0.1) is 0 Å². The molecule has 5 N–H and O–H groups in total. The summed E-state index contributed by atoms with van der Waals surface area (Å²) in [5.74, 6) is 0.422. The van der Waals surface area contributed by atoms with Gasteiger partial charge in [-0.25, -0.2) is 4.57 Å². The topological polar surface area (TPSA) is 111 Å². The van der Waals surface area contributed by atoms with Crippen LogP contribution in [0.4, 0.5) is 11.5 Å². The summed E-state index contributed by atoms with van der Waals surface area (Å²) in [4.78, 5) is 20.3. The van der Waals surface area contributed by atoms with E-state index in [1.54, 1.807) is 4.57 Å². The molecule has 0 spiro atoms. The van der Waals surface area contributed by atoms with Crippen molar-refractivity contribution in [1.29, 1.82) is 0 Å². The van der Waals surface area contributed by atoms with Crippen LogP contribution in [0.25, 0.3) is 17.1 Å². The molecule has 4 rings (SSSR count). The third kappa shape index (κ3) is 3.32. The first kappa shape index (κ1) is 16.0. The Balaban J connectivity index is 1.64. The molecule has 1 aliphatic carbocycles. The van der Waals surface area contributed by atoms with E-state index in [-0.39, 0.29) is 0 Å². The Labute approximate surface area is 150 Å². The fourth-order valence-electron chi connectivity index (χ4n) is 2.64. The van der Waals surface area contributed by atoms with Crippen molar-refractivity contribution in [3.63, 3.8) is 0 Å². The predicted molar refractivity (Wildman–Crippen MR) is 98.6 cm³/mol. The summed E-state index contributed by atoms with van der Waals surface area (Å²) in [5.41, 5.74) is 14.3. The number of hydrogen-bond acceptors (Lipinski definition) is 5. The van der Waals surface area contributed by atoms with Crippen molar-refractivity contribution in [1.82, 2.24) is 9.97 Å². The van der Waals surface area contributed by atoms with Gasteiger partial charge in [0.25, 0.3) is 5.91 Å². The second kappa shape index (κ2) is 6.44. The molecule has 1 aliphatic rings. The minimum Gasteiger partial charge on any atom is -0.399 e. The number of pyridine rings is 1. The Morgan fingerprint density at radius 2 is 1.73 bits per heavy atom. The van der Waals surface area contributed by atoms with Crippen LogP contribution in [-0.4, -0.2) is 21.9 Å². The Hall–Kier alpha value is -3.48. The van der Waals surface area contributed by atoms with E-state index in [9.17, 15) is 4.79 Å². The van der Waals surface area contributed by atoms with Gasteiger partial charge in [-0.3, -0.25) is 4.79 Å². The number of anilines is 2. The summed E-state index contributed by atoms with van der Waals surface area (Å²) in [6, 6.07) is 12.0. The van der Waals surface area contributed by atoms with E-state index in [1.807, 2.05) is 48.8 Å². The van der Waals surface area contributed by atoms with Crippen molar-refractivity contribution in [2.75, 3.05) is 11.1 Å². The molecule has 1 aromatic carbocycles. The predicted octanol–water partition coefficient (Wildman–Crippen LogP) is 1.68. The van der Waals surface area contributed by atoms with Gasteiger partial charge in [-0.2, -0.15) is 0 Å². The average Bonchev–Trinajstić information content (AvgIpc) is 3.46. The molecule has 0 atom stereocenters. The van der Waals surface area contributed by atoms with Crippen LogP contribution in [0.3, 0.4) is 0 Å². The Kier molecular flexibility index (Phi) is 3.96. The van der Waals surface area contributed by atoms with Crippen molar-refractivity contribution < 1.29 is 9.36 Å². The number of nitrogens with two attached hydrogens (primary N) is 2. The van der Waals surface area contributed by atoms with Crippen molar-refractivity contribution in [3.05, 3.63) is 60.6 Å². The molecule has 26 heavy (non-hydrogen) atoms. The minimum absolute atomic E-state index is 0.305. The Morgan fingerprint density at radius 1 is 1.08 bits per heavy atom. The third-order valence-electron chi connectivity index (χ3n) is 4.26. The normalized spacial score (nSPS) is 13.4. The molecule has 2 heterocycles. The molecule has 2 aromatic heterocycles. The van der Waals surface area contributed by atoms with Crippen molar-refractivity contribution in [2.45, 2.75) is 18.9 Å². The van der Waals surface area contributed by atoms with Crippen molar-refractivity contribution in [3.8, 4) is 17.1 Å². The first-order chi connectivity index (χ1) is 12.6. The zero-order chi connectivity index (χ0) is 18.1. The summed E-state index contributed by atoms with van der Waals surface area (Å²) in [6.07, 6.45) is 7.37. The number of nitrogen functional groups attached to an aromatic ring is 1.